The van der Waals surface area contributed by atoms with Crippen LogP contribution in [0.25, 0.3) is 0 Å². The Labute approximate surface area is 117 Å². The minimum Gasteiger partial charge on any atom is -0.398 e. The molecule has 0 bridgehead atoms. The Morgan fingerprint density at radius 3 is 2.72 bits per heavy atom. The third-order valence-electron chi connectivity index (χ3n) is 3.18. The van der Waals surface area contributed by atoms with Crippen LogP contribution in [0.3, 0.4) is 0 Å². The van der Waals surface area contributed by atoms with Gasteiger partial charge in [-0.15, -0.1) is 11.3 Å². The summed E-state index contributed by atoms with van der Waals surface area (Å²) >= 11 is 7.97. The highest BCUT2D eigenvalue weighted by Gasteiger charge is 2.15. The molecule has 0 aliphatic heterocycles. The minimum absolute atomic E-state index is 0.362. The van der Waals surface area contributed by atoms with E-state index in [1.807, 2.05) is 18.2 Å². The van der Waals surface area contributed by atoms with Gasteiger partial charge >= 0.3 is 0 Å². The monoisotopic (exact) mass is 280 g/mol. The zero-order chi connectivity index (χ0) is 13.1. The van der Waals surface area contributed by atoms with Crippen molar-refractivity contribution in [3.63, 3.8) is 0 Å². The molecule has 1 aromatic carbocycles. The molecule has 2 nitrogen and oxygen atoms in total. The third-order valence-corrected chi connectivity index (χ3v) is 4.58. The molecule has 0 saturated carbocycles. The van der Waals surface area contributed by atoms with E-state index in [1.165, 1.54) is 4.88 Å². The van der Waals surface area contributed by atoms with Gasteiger partial charge in [-0.25, -0.2) is 0 Å². The van der Waals surface area contributed by atoms with Gasteiger partial charge < -0.3 is 5.73 Å². The van der Waals surface area contributed by atoms with Crippen molar-refractivity contribution in [1.29, 1.82) is 0 Å². The van der Waals surface area contributed by atoms with Crippen LogP contribution in [0.15, 0.2) is 35.7 Å². The molecule has 2 aromatic rings. The van der Waals surface area contributed by atoms with E-state index in [2.05, 4.69) is 36.4 Å². The molecule has 2 rings (SSSR count). The quantitative estimate of drug-likeness (QED) is 0.852. The number of anilines is 1. The van der Waals surface area contributed by atoms with E-state index in [-0.39, 0.29) is 0 Å². The first kappa shape index (κ1) is 13.4. The summed E-state index contributed by atoms with van der Waals surface area (Å²) in [5.74, 6) is 0. The summed E-state index contributed by atoms with van der Waals surface area (Å²) in [6.45, 7) is 2.95. The highest BCUT2D eigenvalue weighted by molar-refractivity contribution is 7.10. The van der Waals surface area contributed by atoms with Gasteiger partial charge in [-0.2, -0.15) is 0 Å². The highest BCUT2D eigenvalue weighted by Crippen LogP contribution is 2.28. The first-order valence-corrected chi connectivity index (χ1v) is 7.12. The summed E-state index contributed by atoms with van der Waals surface area (Å²) in [4.78, 5) is 3.60. The maximum Gasteiger partial charge on any atom is 0.0471 e. The van der Waals surface area contributed by atoms with Gasteiger partial charge in [0.25, 0.3) is 0 Å². The Bertz CT molecular complexity index is 490. The number of halogens is 1. The van der Waals surface area contributed by atoms with E-state index in [4.69, 9.17) is 17.3 Å². The van der Waals surface area contributed by atoms with Crippen molar-refractivity contribution in [3.05, 3.63) is 51.2 Å². The lowest BCUT2D eigenvalue weighted by Crippen LogP contribution is -2.22. The lowest BCUT2D eigenvalue weighted by Gasteiger charge is -2.25. The van der Waals surface area contributed by atoms with Gasteiger partial charge in [-0.3, -0.25) is 4.90 Å². The number of nitrogen functional groups attached to an aromatic ring is 1. The van der Waals surface area contributed by atoms with E-state index >= 15 is 0 Å². The highest BCUT2D eigenvalue weighted by atomic mass is 35.5. The summed E-state index contributed by atoms with van der Waals surface area (Å²) in [6, 6.07) is 10.3. The molecule has 1 atom stereocenters. The second-order valence-corrected chi connectivity index (χ2v) is 5.80. The summed E-state index contributed by atoms with van der Waals surface area (Å²) in [6.07, 6.45) is 0. The molecule has 1 heterocycles. The Morgan fingerprint density at radius 1 is 1.33 bits per heavy atom. The number of hydrogen-bond donors (Lipinski definition) is 1. The molecule has 96 valence electrons. The predicted octanol–water partition coefficient (Wildman–Crippen LogP) is 4.18. The maximum absolute atomic E-state index is 6.20. The second-order valence-electron chi connectivity index (χ2n) is 4.41. The van der Waals surface area contributed by atoms with Crippen LogP contribution < -0.4 is 5.73 Å². The van der Waals surface area contributed by atoms with Gasteiger partial charge in [-0.1, -0.05) is 23.7 Å². The summed E-state index contributed by atoms with van der Waals surface area (Å²) < 4.78 is 0. The van der Waals surface area contributed by atoms with Gasteiger partial charge in [0.15, 0.2) is 0 Å². The van der Waals surface area contributed by atoms with Gasteiger partial charge in [0, 0.05) is 33.7 Å². The molecule has 4 heteroatoms. The SMILES string of the molecule is CC(c1cccs1)N(C)Cc1c(N)cccc1Cl. The Balaban J connectivity index is 2.14. The van der Waals surface area contributed by atoms with Crippen molar-refractivity contribution in [2.24, 2.45) is 0 Å². The van der Waals surface area contributed by atoms with Gasteiger partial charge in [-0.05, 0) is 37.6 Å². The summed E-state index contributed by atoms with van der Waals surface area (Å²) in [5, 5.41) is 2.84. The molecule has 0 radical (unpaired) electrons. The molecular formula is C14H17ClN2S. The molecule has 0 amide bonds. The standard InChI is InChI=1S/C14H17ClN2S/c1-10(14-7-4-8-18-14)17(2)9-11-12(15)5-3-6-13(11)16/h3-8,10H,9,16H2,1-2H3. The predicted molar refractivity (Wildman–Crippen MR) is 80.1 cm³/mol. The third kappa shape index (κ3) is 2.86. The fraction of sp³-hybridized carbons (Fsp3) is 0.286. The van der Waals surface area contributed by atoms with Crippen LogP contribution in [0.5, 0.6) is 0 Å². The molecule has 1 unspecified atom stereocenters. The molecule has 0 aliphatic carbocycles. The van der Waals surface area contributed by atoms with Crippen molar-refractivity contribution in [2.45, 2.75) is 19.5 Å². The fourth-order valence-electron chi connectivity index (χ4n) is 1.87. The van der Waals surface area contributed by atoms with Crippen molar-refractivity contribution in [3.8, 4) is 0 Å². The molecule has 0 fully saturated rings. The average Bonchev–Trinajstić information content (AvgIpc) is 2.86. The van der Waals surface area contributed by atoms with Crippen LogP contribution in [-0.2, 0) is 6.54 Å². The van der Waals surface area contributed by atoms with Crippen molar-refractivity contribution >= 4 is 28.6 Å². The molecular weight excluding hydrogens is 264 g/mol. The Morgan fingerprint density at radius 2 is 2.11 bits per heavy atom. The second kappa shape index (κ2) is 5.74. The fourth-order valence-corrected chi connectivity index (χ4v) is 2.96. The number of nitrogens with zero attached hydrogens (tertiary/aromatic N) is 1. The molecule has 0 spiro atoms. The minimum atomic E-state index is 0.362. The van der Waals surface area contributed by atoms with Crippen LogP contribution in [0.2, 0.25) is 5.02 Å². The van der Waals surface area contributed by atoms with Crippen molar-refractivity contribution in [2.75, 3.05) is 12.8 Å². The largest absolute Gasteiger partial charge is 0.398 e. The molecule has 0 saturated heterocycles. The summed E-state index contributed by atoms with van der Waals surface area (Å²) in [5.41, 5.74) is 7.74. The van der Waals surface area contributed by atoms with E-state index in [0.717, 1.165) is 22.8 Å². The van der Waals surface area contributed by atoms with E-state index < -0.39 is 0 Å². The maximum atomic E-state index is 6.20. The average molecular weight is 281 g/mol. The number of thiophene rings is 1. The van der Waals surface area contributed by atoms with E-state index in [9.17, 15) is 0 Å². The Kier molecular flexibility index (Phi) is 4.27. The van der Waals surface area contributed by atoms with Crippen LogP contribution in [0.1, 0.15) is 23.4 Å². The van der Waals surface area contributed by atoms with Crippen molar-refractivity contribution < 1.29 is 0 Å². The van der Waals surface area contributed by atoms with Crippen LogP contribution in [0, 0.1) is 0 Å². The topological polar surface area (TPSA) is 29.3 Å². The Hall–Kier alpha value is -1.03. The lowest BCUT2D eigenvalue weighted by molar-refractivity contribution is 0.257. The van der Waals surface area contributed by atoms with Crippen molar-refractivity contribution in [1.82, 2.24) is 4.90 Å². The first-order valence-electron chi connectivity index (χ1n) is 5.86. The van der Waals surface area contributed by atoms with E-state index in [1.54, 1.807) is 11.3 Å². The first-order chi connectivity index (χ1) is 8.59. The molecule has 2 N–H and O–H groups in total. The van der Waals surface area contributed by atoms with Gasteiger partial charge in [0.05, 0.1) is 0 Å². The van der Waals surface area contributed by atoms with Crippen LogP contribution in [-0.4, -0.2) is 11.9 Å². The lowest BCUT2D eigenvalue weighted by atomic mass is 10.1. The number of nitrogens with two attached hydrogens (primary N) is 1. The van der Waals surface area contributed by atoms with E-state index in [0.29, 0.717) is 6.04 Å². The van der Waals surface area contributed by atoms with Crippen LogP contribution >= 0.6 is 22.9 Å². The smallest absolute Gasteiger partial charge is 0.0471 e. The molecule has 0 aliphatic rings. The zero-order valence-electron chi connectivity index (χ0n) is 10.6. The van der Waals surface area contributed by atoms with Gasteiger partial charge in [0.1, 0.15) is 0 Å². The zero-order valence-corrected chi connectivity index (χ0v) is 12.1. The molecule has 1 aromatic heterocycles. The van der Waals surface area contributed by atoms with Crippen LogP contribution in [0.4, 0.5) is 5.69 Å². The van der Waals surface area contributed by atoms with Gasteiger partial charge in [0.2, 0.25) is 0 Å². The number of benzene rings is 1. The number of hydrogen-bond acceptors (Lipinski definition) is 3. The summed E-state index contributed by atoms with van der Waals surface area (Å²) in [7, 11) is 2.09. The molecule has 18 heavy (non-hydrogen) atoms. The normalized spacial score (nSPS) is 12.9. The number of rotatable bonds is 4.